The van der Waals surface area contributed by atoms with Crippen molar-refractivity contribution in [3.63, 3.8) is 0 Å². The van der Waals surface area contributed by atoms with E-state index in [1.807, 2.05) is 20.4 Å². The lowest BCUT2D eigenvalue weighted by Crippen LogP contribution is -2.19. The van der Waals surface area contributed by atoms with E-state index in [2.05, 4.69) is 28.8 Å². The van der Waals surface area contributed by atoms with Gasteiger partial charge >= 0.3 is 5.69 Å². The molecule has 0 amide bonds. The van der Waals surface area contributed by atoms with Crippen molar-refractivity contribution in [3.8, 4) is 0 Å². The molecule has 2 fully saturated rings. The Labute approximate surface area is 157 Å². The van der Waals surface area contributed by atoms with Crippen LogP contribution in [0.4, 0.5) is 0 Å². The van der Waals surface area contributed by atoms with Crippen LogP contribution in [0, 0.1) is 11.8 Å². The van der Waals surface area contributed by atoms with Gasteiger partial charge in [-0.05, 0) is 60.8 Å². The van der Waals surface area contributed by atoms with Crippen LogP contribution in [0.5, 0.6) is 0 Å². The van der Waals surface area contributed by atoms with Crippen LogP contribution in [-0.2, 0) is 20.6 Å². The van der Waals surface area contributed by atoms with Crippen molar-refractivity contribution in [2.24, 2.45) is 25.9 Å². The second-order valence-corrected chi connectivity index (χ2v) is 8.66. The van der Waals surface area contributed by atoms with Gasteiger partial charge in [0.05, 0.1) is 28.7 Å². The van der Waals surface area contributed by atoms with Gasteiger partial charge in [-0.15, -0.1) is 0 Å². The number of hydrogen-bond donors (Lipinski definition) is 0. The van der Waals surface area contributed by atoms with Crippen molar-refractivity contribution in [1.82, 2.24) is 18.7 Å². The predicted octanol–water partition coefficient (Wildman–Crippen LogP) is 3.42. The smallest absolute Gasteiger partial charge is 0.326 e. The molecular weight excluding hydrogens is 336 g/mol. The highest BCUT2D eigenvalue weighted by Crippen LogP contribution is 2.54. The first-order valence-corrected chi connectivity index (χ1v) is 10.0. The van der Waals surface area contributed by atoms with Crippen molar-refractivity contribution < 1.29 is 0 Å². The Morgan fingerprint density at radius 1 is 1.15 bits per heavy atom. The Kier molecular flexibility index (Phi) is 3.01. The summed E-state index contributed by atoms with van der Waals surface area (Å²) >= 11 is 0. The summed E-state index contributed by atoms with van der Waals surface area (Å²) in [4.78, 5) is 17.0. The minimum Gasteiger partial charge on any atom is -0.326 e. The molecule has 2 atom stereocenters. The quantitative estimate of drug-likeness (QED) is 0.716. The van der Waals surface area contributed by atoms with Gasteiger partial charge in [-0.1, -0.05) is 12.1 Å². The van der Waals surface area contributed by atoms with Crippen molar-refractivity contribution in [2.75, 3.05) is 0 Å². The monoisotopic (exact) mass is 360 g/mol. The number of allylic oxidation sites excluding steroid dienone is 2. The molecule has 0 spiro atoms. The summed E-state index contributed by atoms with van der Waals surface area (Å²) in [7, 11) is 3.68. The number of aromatic nitrogens is 4. The molecular formula is C22H24N4O. The van der Waals surface area contributed by atoms with Crippen LogP contribution >= 0.6 is 0 Å². The van der Waals surface area contributed by atoms with Crippen molar-refractivity contribution >= 4 is 16.6 Å². The SMILES string of the molecule is Cn1c(=O)n(C)c2cc(Cn3cnc(C4CC4)c3C3=CC4CC4C3)ccc21. The third-order valence-corrected chi connectivity index (χ3v) is 6.70. The van der Waals surface area contributed by atoms with Crippen molar-refractivity contribution in [1.29, 1.82) is 0 Å². The van der Waals surface area contributed by atoms with Gasteiger partial charge in [-0.2, -0.15) is 0 Å². The minimum absolute atomic E-state index is 0.0248. The zero-order chi connectivity index (χ0) is 18.3. The molecule has 5 heteroatoms. The van der Waals surface area contributed by atoms with E-state index in [0.29, 0.717) is 5.92 Å². The molecule has 2 heterocycles. The summed E-state index contributed by atoms with van der Waals surface area (Å²) in [6, 6.07) is 6.36. The standard InChI is InChI=1S/C22H24N4O/c1-24-18-6-3-13(7-19(18)25(2)22(24)27)11-26-12-23-20(14-4-5-14)21(26)17-9-15-8-16(15)10-17/h3,6-7,9,12,14-16H,4-5,8,10-11H2,1-2H3. The number of fused-ring (bicyclic) bond motifs is 2. The third kappa shape index (κ3) is 2.30. The predicted molar refractivity (Wildman–Crippen MR) is 106 cm³/mol. The third-order valence-electron chi connectivity index (χ3n) is 6.70. The van der Waals surface area contributed by atoms with Crippen LogP contribution in [0.1, 0.15) is 48.6 Å². The molecule has 0 radical (unpaired) electrons. The maximum Gasteiger partial charge on any atom is 0.328 e. The molecule has 2 aromatic heterocycles. The average molecular weight is 360 g/mol. The number of nitrogens with zero attached hydrogens (tertiary/aromatic N) is 4. The molecule has 0 saturated heterocycles. The second kappa shape index (κ2) is 5.24. The summed E-state index contributed by atoms with van der Waals surface area (Å²) < 4.78 is 5.78. The molecule has 3 aliphatic carbocycles. The van der Waals surface area contributed by atoms with E-state index >= 15 is 0 Å². The molecule has 2 saturated carbocycles. The first-order valence-electron chi connectivity index (χ1n) is 10.0. The highest BCUT2D eigenvalue weighted by molar-refractivity contribution is 5.77. The van der Waals surface area contributed by atoms with Crippen molar-refractivity contribution in [3.05, 3.63) is 58.0 Å². The fraction of sp³-hybridized carbons (Fsp3) is 0.455. The van der Waals surface area contributed by atoms with E-state index in [1.54, 1.807) is 9.13 Å². The Morgan fingerprint density at radius 2 is 1.96 bits per heavy atom. The van der Waals surface area contributed by atoms with Crippen LogP contribution in [0.25, 0.3) is 16.6 Å². The lowest BCUT2D eigenvalue weighted by molar-refractivity contribution is 0.773. The second-order valence-electron chi connectivity index (χ2n) is 8.66. The molecule has 6 rings (SSSR count). The van der Waals surface area contributed by atoms with Crippen LogP contribution < -0.4 is 5.69 Å². The lowest BCUT2D eigenvalue weighted by atomic mass is 10.0. The molecule has 138 valence electrons. The average Bonchev–Trinajstić information content (AvgIpc) is 3.57. The minimum atomic E-state index is 0.0248. The Hall–Kier alpha value is -2.56. The highest BCUT2D eigenvalue weighted by Gasteiger charge is 2.43. The first-order chi connectivity index (χ1) is 13.1. The zero-order valence-electron chi connectivity index (χ0n) is 15.9. The maximum atomic E-state index is 12.2. The van der Waals surface area contributed by atoms with E-state index in [0.717, 1.165) is 29.4 Å². The number of aryl methyl sites for hydroxylation is 2. The molecule has 0 aliphatic heterocycles. The molecule has 1 aromatic carbocycles. The Balaban J connectivity index is 1.41. The largest absolute Gasteiger partial charge is 0.328 e. The molecule has 0 N–H and O–H groups in total. The van der Waals surface area contributed by atoms with Crippen LogP contribution in [0.3, 0.4) is 0 Å². The first kappa shape index (κ1) is 15.5. The summed E-state index contributed by atoms with van der Waals surface area (Å²) in [6.45, 7) is 0.806. The van der Waals surface area contributed by atoms with Gasteiger partial charge in [-0.25, -0.2) is 9.78 Å². The molecule has 27 heavy (non-hydrogen) atoms. The fourth-order valence-corrected chi connectivity index (χ4v) is 4.86. The summed E-state index contributed by atoms with van der Waals surface area (Å²) in [5.74, 6) is 2.38. The van der Waals surface area contributed by atoms with E-state index in [9.17, 15) is 4.79 Å². The normalized spacial score (nSPS) is 23.7. The summed E-state index contributed by atoms with van der Waals surface area (Å²) in [5.41, 5.74) is 7.43. The Morgan fingerprint density at radius 3 is 2.70 bits per heavy atom. The van der Waals surface area contributed by atoms with Gasteiger partial charge in [0.25, 0.3) is 0 Å². The van der Waals surface area contributed by atoms with Crippen molar-refractivity contribution in [2.45, 2.75) is 38.1 Å². The van der Waals surface area contributed by atoms with Crippen LogP contribution in [0.2, 0.25) is 0 Å². The van der Waals surface area contributed by atoms with E-state index in [-0.39, 0.29) is 5.69 Å². The van der Waals surface area contributed by atoms with Gasteiger partial charge in [0.15, 0.2) is 0 Å². The maximum absolute atomic E-state index is 12.2. The molecule has 5 nitrogen and oxygen atoms in total. The fourth-order valence-electron chi connectivity index (χ4n) is 4.86. The summed E-state index contributed by atoms with van der Waals surface area (Å²) in [5, 5.41) is 0. The number of benzene rings is 1. The van der Waals surface area contributed by atoms with Gasteiger partial charge in [-0.3, -0.25) is 9.13 Å². The molecule has 0 bridgehead atoms. The summed E-state index contributed by atoms with van der Waals surface area (Å²) in [6.07, 6.45) is 9.71. The highest BCUT2D eigenvalue weighted by atomic mass is 16.1. The van der Waals surface area contributed by atoms with Crippen LogP contribution in [0.15, 0.2) is 35.4 Å². The van der Waals surface area contributed by atoms with Crippen LogP contribution in [-0.4, -0.2) is 18.7 Å². The number of rotatable bonds is 4. The lowest BCUT2D eigenvalue weighted by Gasteiger charge is -2.13. The van der Waals surface area contributed by atoms with E-state index in [4.69, 9.17) is 4.98 Å². The molecule has 3 aromatic rings. The molecule has 3 aliphatic rings. The molecule has 2 unspecified atom stereocenters. The number of imidazole rings is 2. The van der Waals surface area contributed by atoms with Gasteiger partial charge in [0, 0.05) is 26.6 Å². The Bertz CT molecular complexity index is 1170. The topological polar surface area (TPSA) is 44.8 Å². The van der Waals surface area contributed by atoms with Gasteiger partial charge in [0.2, 0.25) is 0 Å². The van der Waals surface area contributed by atoms with Gasteiger partial charge in [0.1, 0.15) is 0 Å². The van der Waals surface area contributed by atoms with E-state index < -0.39 is 0 Å². The van der Waals surface area contributed by atoms with Gasteiger partial charge < -0.3 is 4.57 Å². The van der Waals surface area contributed by atoms with E-state index in [1.165, 1.54) is 48.2 Å². The number of hydrogen-bond acceptors (Lipinski definition) is 2. The zero-order valence-corrected chi connectivity index (χ0v) is 15.9.